The van der Waals surface area contributed by atoms with Crippen molar-refractivity contribution in [2.75, 3.05) is 0 Å². The molecule has 12 heavy (non-hydrogen) atoms. The SMILES string of the molecule is C=CCC(CC=C)C(C)(C)O[SiH3]. The zero-order valence-corrected chi connectivity index (χ0v) is 10.5. The Morgan fingerprint density at radius 1 is 1.33 bits per heavy atom. The van der Waals surface area contributed by atoms with Crippen molar-refractivity contribution in [2.24, 2.45) is 5.92 Å². The maximum atomic E-state index is 5.55. The Bertz CT molecular complexity index is 142. The fraction of sp³-hybridized carbons (Fsp3) is 0.600. The highest BCUT2D eigenvalue weighted by Gasteiger charge is 2.26. The molecule has 0 spiro atoms. The second-order valence-electron chi connectivity index (χ2n) is 3.55. The molecule has 70 valence electrons. The summed E-state index contributed by atoms with van der Waals surface area (Å²) in [7, 11) is 0.791. The van der Waals surface area contributed by atoms with E-state index in [2.05, 4.69) is 27.0 Å². The van der Waals surface area contributed by atoms with Gasteiger partial charge >= 0.3 is 0 Å². The van der Waals surface area contributed by atoms with Crippen LogP contribution < -0.4 is 0 Å². The lowest BCUT2D eigenvalue weighted by Gasteiger charge is -2.32. The predicted molar refractivity (Wildman–Crippen MR) is 58.2 cm³/mol. The van der Waals surface area contributed by atoms with Crippen molar-refractivity contribution in [3.05, 3.63) is 25.3 Å². The summed E-state index contributed by atoms with van der Waals surface area (Å²) in [5, 5.41) is 0. The Morgan fingerprint density at radius 2 is 1.75 bits per heavy atom. The first-order valence-corrected chi connectivity index (χ1v) is 5.17. The standard InChI is InChI=1S/C10H20OSi/c1-5-7-9(8-6-2)10(3,4)11-12/h5-6,9H,1-2,7-8H2,3-4,12H3. The first-order chi connectivity index (χ1) is 5.58. The van der Waals surface area contributed by atoms with Crippen molar-refractivity contribution in [2.45, 2.75) is 32.3 Å². The molecule has 0 bridgehead atoms. The second-order valence-corrected chi connectivity index (χ2v) is 3.96. The van der Waals surface area contributed by atoms with Crippen LogP contribution >= 0.6 is 0 Å². The van der Waals surface area contributed by atoms with Crippen molar-refractivity contribution in [3.63, 3.8) is 0 Å². The van der Waals surface area contributed by atoms with Crippen molar-refractivity contribution in [1.82, 2.24) is 0 Å². The molecule has 0 radical (unpaired) electrons. The molecule has 0 saturated heterocycles. The van der Waals surface area contributed by atoms with Crippen LogP contribution in [0.25, 0.3) is 0 Å². The molecule has 0 atom stereocenters. The number of rotatable bonds is 6. The Balaban J connectivity index is 4.25. The monoisotopic (exact) mass is 184 g/mol. The third kappa shape index (κ3) is 3.37. The van der Waals surface area contributed by atoms with E-state index < -0.39 is 0 Å². The van der Waals surface area contributed by atoms with Gasteiger partial charge in [-0.2, -0.15) is 0 Å². The fourth-order valence-corrected chi connectivity index (χ4v) is 1.57. The lowest BCUT2D eigenvalue weighted by Crippen LogP contribution is -2.33. The van der Waals surface area contributed by atoms with Gasteiger partial charge in [0, 0.05) is 0 Å². The molecule has 0 amide bonds. The van der Waals surface area contributed by atoms with Crippen LogP contribution in [-0.2, 0) is 4.43 Å². The van der Waals surface area contributed by atoms with Gasteiger partial charge in [-0.25, -0.2) is 0 Å². The van der Waals surface area contributed by atoms with E-state index in [1.807, 2.05) is 12.2 Å². The van der Waals surface area contributed by atoms with Crippen LogP contribution in [0.3, 0.4) is 0 Å². The average molecular weight is 184 g/mol. The van der Waals surface area contributed by atoms with E-state index >= 15 is 0 Å². The lowest BCUT2D eigenvalue weighted by atomic mass is 9.85. The van der Waals surface area contributed by atoms with E-state index in [1.165, 1.54) is 0 Å². The summed E-state index contributed by atoms with van der Waals surface area (Å²) in [6, 6.07) is 0. The average Bonchev–Trinajstić information content (AvgIpc) is 2.04. The molecule has 2 heteroatoms. The maximum Gasteiger partial charge on any atom is 0.146 e. The summed E-state index contributed by atoms with van der Waals surface area (Å²) in [5.41, 5.74) is -0.0192. The van der Waals surface area contributed by atoms with Crippen LogP contribution in [0.1, 0.15) is 26.7 Å². The van der Waals surface area contributed by atoms with Gasteiger partial charge in [0.25, 0.3) is 0 Å². The molecular weight excluding hydrogens is 164 g/mol. The molecule has 0 saturated carbocycles. The lowest BCUT2D eigenvalue weighted by molar-refractivity contribution is 0.0555. The molecule has 0 aromatic heterocycles. The normalized spacial score (nSPS) is 11.9. The first-order valence-electron chi connectivity index (χ1n) is 4.35. The minimum Gasteiger partial charge on any atom is -0.423 e. The van der Waals surface area contributed by atoms with Gasteiger partial charge in [-0.15, -0.1) is 13.2 Å². The largest absolute Gasteiger partial charge is 0.423 e. The summed E-state index contributed by atoms with van der Waals surface area (Å²) in [6.07, 6.45) is 5.91. The minimum atomic E-state index is -0.0192. The van der Waals surface area contributed by atoms with E-state index in [1.54, 1.807) is 0 Å². The van der Waals surface area contributed by atoms with Gasteiger partial charge in [-0.3, -0.25) is 0 Å². The highest BCUT2D eigenvalue weighted by molar-refractivity contribution is 5.98. The van der Waals surface area contributed by atoms with Gasteiger partial charge in [0.2, 0.25) is 0 Å². The zero-order chi connectivity index (χ0) is 9.61. The molecule has 1 nitrogen and oxygen atoms in total. The molecule has 0 unspecified atom stereocenters. The van der Waals surface area contributed by atoms with E-state index in [9.17, 15) is 0 Å². The summed E-state index contributed by atoms with van der Waals surface area (Å²) in [4.78, 5) is 0. The van der Waals surface area contributed by atoms with Crippen LogP contribution in [0.15, 0.2) is 25.3 Å². The van der Waals surface area contributed by atoms with Crippen molar-refractivity contribution in [1.29, 1.82) is 0 Å². The molecular formula is C10H20OSi. The summed E-state index contributed by atoms with van der Waals surface area (Å²) < 4.78 is 5.55. The van der Waals surface area contributed by atoms with Gasteiger partial charge in [0.1, 0.15) is 10.5 Å². The van der Waals surface area contributed by atoms with Crippen LogP contribution in [0.5, 0.6) is 0 Å². The quantitative estimate of drug-likeness (QED) is 0.452. The molecule has 0 aliphatic carbocycles. The van der Waals surface area contributed by atoms with Gasteiger partial charge in [0.15, 0.2) is 0 Å². The molecule has 0 aromatic rings. The number of hydrogen-bond donors (Lipinski definition) is 0. The predicted octanol–water partition coefficient (Wildman–Crippen LogP) is 1.83. The Labute approximate surface area is 79.1 Å². The smallest absolute Gasteiger partial charge is 0.146 e. The van der Waals surface area contributed by atoms with E-state index in [-0.39, 0.29) is 5.60 Å². The molecule has 0 heterocycles. The molecule has 0 fully saturated rings. The van der Waals surface area contributed by atoms with Gasteiger partial charge < -0.3 is 4.43 Å². The third-order valence-electron chi connectivity index (χ3n) is 2.41. The Hall–Kier alpha value is -0.343. The highest BCUT2D eigenvalue weighted by atomic mass is 28.2. The Kier molecular flexibility index (Phi) is 5.18. The summed E-state index contributed by atoms with van der Waals surface area (Å²) in [5.74, 6) is 0.519. The van der Waals surface area contributed by atoms with Crippen molar-refractivity contribution in [3.8, 4) is 0 Å². The fourth-order valence-electron chi connectivity index (χ4n) is 1.23. The first kappa shape index (κ1) is 11.7. The van der Waals surface area contributed by atoms with Gasteiger partial charge in [0.05, 0.1) is 5.60 Å². The van der Waals surface area contributed by atoms with E-state index in [0.717, 1.165) is 23.3 Å². The van der Waals surface area contributed by atoms with Crippen LogP contribution in [0, 0.1) is 5.92 Å². The molecule has 0 aromatic carbocycles. The Morgan fingerprint density at radius 3 is 2.00 bits per heavy atom. The van der Waals surface area contributed by atoms with Crippen molar-refractivity contribution >= 4 is 10.5 Å². The van der Waals surface area contributed by atoms with Crippen LogP contribution in [-0.4, -0.2) is 16.1 Å². The molecule has 0 N–H and O–H groups in total. The van der Waals surface area contributed by atoms with E-state index in [4.69, 9.17) is 4.43 Å². The molecule has 0 aliphatic heterocycles. The zero-order valence-electron chi connectivity index (χ0n) is 8.47. The highest BCUT2D eigenvalue weighted by Crippen LogP contribution is 2.27. The second kappa shape index (κ2) is 5.33. The number of allylic oxidation sites excluding steroid dienone is 2. The topological polar surface area (TPSA) is 9.23 Å². The van der Waals surface area contributed by atoms with Crippen molar-refractivity contribution < 1.29 is 4.43 Å². The van der Waals surface area contributed by atoms with Crippen LogP contribution in [0.4, 0.5) is 0 Å². The summed E-state index contributed by atoms with van der Waals surface area (Å²) >= 11 is 0. The molecule has 0 rings (SSSR count). The number of hydrogen-bond acceptors (Lipinski definition) is 1. The summed E-state index contributed by atoms with van der Waals surface area (Å²) in [6.45, 7) is 11.8. The maximum absolute atomic E-state index is 5.55. The van der Waals surface area contributed by atoms with E-state index in [0.29, 0.717) is 5.92 Å². The third-order valence-corrected chi connectivity index (χ3v) is 3.46. The van der Waals surface area contributed by atoms with Gasteiger partial charge in [-0.1, -0.05) is 12.2 Å². The van der Waals surface area contributed by atoms with Crippen LogP contribution in [0.2, 0.25) is 0 Å². The minimum absolute atomic E-state index is 0.0192. The molecule has 0 aliphatic rings. The van der Waals surface area contributed by atoms with Gasteiger partial charge in [-0.05, 0) is 32.6 Å².